The third kappa shape index (κ3) is 4.86. The maximum atomic E-state index is 12.3. The number of carbonyl (C=O) groups excluding carboxylic acids is 1. The second kappa shape index (κ2) is 8.72. The van der Waals surface area contributed by atoms with Crippen molar-refractivity contribution in [2.24, 2.45) is 0 Å². The molecule has 0 heterocycles. The van der Waals surface area contributed by atoms with E-state index in [0.717, 1.165) is 16.9 Å². The van der Waals surface area contributed by atoms with Crippen molar-refractivity contribution in [3.8, 4) is 11.5 Å². The number of hydrogen-bond acceptors (Lipinski definition) is 3. The predicted octanol–water partition coefficient (Wildman–Crippen LogP) is 4.20. The third-order valence-corrected chi connectivity index (χ3v) is 3.93. The highest BCUT2D eigenvalue weighted by Gasteiger charge is 2.07. The van der Waals surface area contributed by atoms with Gasteiger partial charge in [0.2, 0.25) is 0 Å². The molecule has 0 bridgehead atoms. The normalized spacial score (nSPS) is 10.2. The fourth-order valence-corrected chi connectivity index (χ4v) is 2.54. The molecule has 132 valence electrons. The number of ether oxygens (including phenoxy) is 2. The molecular formula is C22H21NO3. The Hall–Kier alpha value is -3.27. The van der Waals surface area contributed by atoms with E-state index in [9.17, 15) is 4.79 Å². The van der Waals surface area contributed by atoms with Crippen LogP contribution >= 0.6 is 0 Å². The van der Waals surface area contributed by atoms with E-state index in [1.165, 1.54) is 0 Å². The first-order valence-corrected chi connectivity index (χ1v) is 8.42. The van der Waals surface area contributed by atoms with Crippen LogP contribution in [0.15, 0.2) is 78.9 Å². The molecule has 0 aliphatic rings. The molecule has 3 rings (SSSR count). The molecule has 0 unspecified atom stereocenters. The van der Waals surface area contributed by atoms with Crippen molar-refractivity contribution in [1.29, 1.82) is 0 Å². The van der Waals surface area contributed by atoms with E-state index in [-0.39, 0.29) is 5.91 Å². The van der Waals surface area contributed by atoms with Gasteiger partial charge in [-0.2, -0.15) is 0 Å². The zero-order valence-electron chi connectivity index (χ0n) is 14.6. The minimum Gasteiger partial charge on any atom is -0.497 e. The zero-order chi connectivity index (χ0) is 18.2. The Balaban J connectivity index is 1.59. The second-order valence-electron chi connectivity index (χ2n) is 5.84. The van der Waals surface area contributed by atoms with Gasteiger partial charge in [0.25, 0.3) is 5.91 Å². The Morgan fingerprint density at radius 1 is 0.846 bits per heavy atom. The molecule has 3 aromatic rings. The number of methoxy groups -OCH3 is 1. The van der Waals surface area contributed by atoms with Crippen LogP contribution in [0.4, 0.5) is 0 Å². The highest BCUT2D eigenvalue weighted by atomic mass is 16.5. The monoisotopic (exact) mass is 347 g/mol. The molecule has 0 saturated heterocycles. The Kier molecular flexibility index (Phi) is 5.88. The Morgan fingerprint density at radius 2 is 1.58 bits per heavy atom. The lowest BCUT2D eigenvalue weighted by Crippen LogP contribution is -2.22. The molecule has 1 N–H and O–H groups in total. The molecule has 1 amide bonds. The first-order chi connectivity index (χ1) is 12.7. The SMILES string of the molecule is COc1cccc(COc2cccc(C(=O)NCc3ccccc3)c2)c1. The molecule has 0 spiro atoms. The lowest BCUT2D eigenvalue weighted by molar-refractivity contribution is 0.0950. The van der Waals surface area contributed by atoms with Gasteiger partial charge in [0.15, 0.2) is 0 Å². The minimum atomic E-state index is -0.124. The highest BCUT2D eigenvalue weighted by molar-refractivity contribution is 5.94. The van der Waals surface area contributed by atoms with Gasteiger partial charge in [-0.3, -0.25) is 4.79 Å². The summed E-state index contributed by atoms with van der Waals surface area (Å²) in [5.41, 5.74) is 2.64. The average Bonchev–Trinajstić information content (AvgIpc) is 2.71. The summed E-state index contributed by atoms with van der Waals surface area (Å²) in [6.07, 6.45) is 0. The Morgan fingerprint density at radius 3 is 2.38 bits per heavy atom. The van der Waals surface area contributed by atoms with Gasteiger partial charge in [-0.25, -0.2) is 0 Å². The first kappa shape index (κ1) is 17.5. The third-order valence-electron chi connectivity index (χ3n) is 3.93. The molecule has 0 fully saturated rings. The van der Waals surface area contributed by atoms with E-state index in [2.05, 4.69) is 5.32 Å². The van der Waals surface area contributed by atoms with Crippen LogP contribution in [0.2, 0.25) is 0 Å². The van der Waals surface area contributed by atoms with Crippen LogP contribution in [0.3, 0.4) is 0 Å². The Bertz CT molecular complexity index is 862. The summed E-state index contributed by atoms with van der Waals surface area (Å²) in [4.78, 5) is 12.3. The van der Waals surface area contributed by atoms with Gasteiger partial charge < -0.3 is 14.8 Å². The number of benzene rings is 3. The van der Waals surface area contributed by atoms with Crippen LogP contribution in [0.25, 0.3) is 0 Å². The number of rotatable bonds is 7. The predicted molar refractivity (Wildman–Crippen MR) is 101 cm³/mol. The van der Waals surface area contributed by atoms with E-state index in [1.807, 2.05) is 66.7 Å². The van der Waals surface area contributed by atoms with E-state index < -0.39 is 0 Å². The van der Waals surface area contributed by atoms with Gasteiger partial charge in [-0.1, -0.05) is 48.5 Å². The molecule has 4 heteroatoms. The van der Waals surface area contributed by atoms with Crippen molar-refractivity contribution in [2.45, 2.75) is 13.2 Å². The zero-order valence-corrected chi connectivity index (χ0v) is 14.6. The topological polar surface area (TPSA) is 47.6 Å². The molecule has 0 atom stereocenters. The summed E-state index contributed by atoms with van der Waals surface area (Å²) < 4.78 is 11.0. The van der Waals surface area contributed by atoms with Gasteiger partial charge in [-0.05, 0) is 41.5 Å². The molecular weight excluding hydrogens is 326 g/mol. The summed E-state index contributed by atoms with van der Waals surface area (Å²) in [7, 11) is 1.64. The van der Waals surface area contributed by atoms with E-state index in [1.54, 1.807) is 19.2 Å². The average molecular weight is 347 g/mol. The fourth-order valence-electron chi connectivity index (χ4n) is 2.54. The van der Waals surface area contributed by atoms with Gasteiger partial charge >= 0.3 is 0 Å². The van der Waals surface area contributed by atoms with Crippen LogP contribution in [-0.2, 0) is 13.2 Å². The number of amides is 1. The molecule has 0 radical (unpaired) electrons. The van der Waals surface area contributed by atoms with Crippen molar-refractivity contribution in [3.05, 3.63) is 95.6 Å². The summed E-state index contributed by atoms with van der Waals surface area (Å²) in [6.45, 7) is 0.904. The van der Waals surface area contributed by atoms with Crippen LogP contribution in [0.5, 0.6) is 11.5 Å². The van der Waals surface area contributed by atoms with Crippen molar-refractivity contribution in [2.75, 3.05) is 7.11 Å². The van der Waals surface area contributed by atoms with E-state index in [0.29, 0.717) is 24.5 Å². The molecule has 26 heavy (non-hydrogen) atoms. The van der Waals surface area contributed by atoms with Crippen LogP contribution in [-0.4, -0.2) is 13.0 Å². The summed E-state index contributed by atoms with van der Waals surface area (Å²) in [5, 5.41) is 2.92. The molecule has 0 aliphatic carbocycles. The van der Waals surface area contributed by atoms with Gasteiger partial charge in [-0.15, -0.1) is 0 Å². The van der Waals surface area contributed by atoms with Gasteiger partial charge in [0.1, 0.15) is 18.1 Å². The molecule has 0 saturated carbocycles. The maximum Gasteiger partial charge on any atom is 0.251 e. The van der Waals surface area contributed by atoms with Crippen molar-refractivity contribution in [1.82, 2.24) is 5.32 Å². The quantitative estimate of drug-likeness (QED) is 0.697. The van der Waals surface area contributed by atoms with Gasteiger partial charge in [0, 0.05) is 12.1 Å². The van der Waals surface area contributed by atoms with E-state index >= 15 is 0 Å². The lowest BCUT2D eigenvalue weighted by atomic mass is 10.2. The van der Waals surface area contributed by atoms with E-state index in [4.69, 9.17) is 9.47 Å². The second-order valence-corrected chi connectivity index (χ2v) is 5.84. The van der Waals surface area contributed by atoms with Crippen LogP contribution in [0, 0.1) is 0 Å². The smallest absolute Gasteiger partial charge is 0.251 e. The van der Waals surface area contributed by atoms with Gasteiger partial charge in [0.05, 0.1) is 7.11 Å². The van der Waals surface area contributed by atoms with Crippen molar-refractivity contribution in [3.63, 3.8) is 0 Å². The van der Waals surface area contributed by atoms with Crippen LogP contribution in [0.1, 0.15) is 21.5 Å². The maximum absolute atomic E-state index is 12.3. The largest absolute Gasteiger partial charge is 0.497 e. The number of nitrogens with one attached hydrogen (secondary N) is 1. The summed E-state index contributed by atoms with van der Waals surface area (Å²) in [5.74, 6) is 1.32. The minimum absolute atomic E-state index is 0.124. The molecule has 0 aliphatic heterocycles. The highest BCUT2D eigenvalue weighted by Crippen LogP contribution is 2.18. The first-order valence-electron chi connectivity index (χ1n) is 8.42. The lowest BCUT2D eigenvalue weighted by Gasteiger charge is -2.10. The molecule has 3 aromatic carbocycles. The number of carbonyl (C=O) groups is 1. The standard InChI is InChI=1S/C22H21NO3/c1-25-20-11-5-9-18(13-20)16-26-21-12-6-10-19(14-21)22(24)23-15-17-7-3-2-4-8-17/h2-14H,15-16H2,1H3,(H,23,24). The number of hydrogen-bond donors (Lipinski definition) is 1. The van der Waals surface area contributed by atoms with Crippen molar-refractivity contribution < 1.29 is 14.3 Å². The fraction of sp³-hybridized carbons (Fsp3) is 0.136. The summed E-state index contributed by atoms with van der Waals surface area (Å²) >= 11 is 0. The Labute approximate surface area is 153 Å². The summed E-state index contributed by atoms with van der Waals surface area (Å²) in [6, 6.07) is 24.7. The molecule has 4 nitrogen and oxygen atoms in total. The van der Waals surface area contributed by atoms with Crippen LogP contribution < -0.4 is 14.8 Å². The van der Waals surface area contributed by atoms with Crippen molar-refractivity contribution >= 4 is 5.91 Å². The molecule has 0 aromatic heterocycles.